The summed E-state index contributed by atoms with van der Waals surface area (Å²) in [6, 6.07) is 0.581. The van der Waals surface area contributed by atoms with Gasteiger partial charge in [0.2, 0.25) is 0 Å². The van der Waals surface area contributed by atoms with E-state index in [1.165, 1.54) is 5.01 Å². The van der Waals surface area contributed by atoms with Crippen LogP contribution in [-0.4, -0.2) is 30.0 Å². The number of ether oxygens (including phenoxy) is 2. The third kappa shape index (κ3) is 2.68. The summed E-state index contributed by atoms with van der Waals surface area (Å²) in [5.74, 6) is -0.237. The van der Waals surface area contributed by atoms with E-state index in [-0.39, 0.29) is 5.79 Å². The predicted molar refractivity (Wildman–Crippen MR) is 65.8 cm³/mol. The molecule has 0 unspecified atom stereocenters. The third-order valence-corrected chi connectivity index (χ3v) is 4.37. The quantitative estimate of drug-likeness (QED) is 0.895. The molecule has 4 nitrogen and oxygen atoms in total. The van der Waals surface area contributed by atoms with Gasteiger partial charge in [-0.15, -0.1) is 11.3 Å². The summed E-state index contributed by atoms with van der Waals surface area (Å²) in [5.41, 5.74) is 0. The lowest BCUT2D eigenvalue weighted by atomic mass is 9.90. The van der Waals surface area contributed by atoms with Crippen LogP contribution in [0.15, 0.2) is 11.6 Å². The Morgan fingerprint density at radius 3 is 2.76 bits per heavy atom. The monoisotopic (exact) mass is 254 g/mol. The molecule has 3 rings (SSSR count). The molecule has 1 N–H and O–H groups in total. The zero-order chi connectivity index (χ0) is 11.6. The fraction of sp³-hybridized carbons (Fsp3) is 0.750. The lowest BCUT2D eigenvalue weighted by Gasteiger charge is -2.35. The maximum absolute atomic E-state index is 5.72. The van der Waals surface area contributed by atoms with E-state index < -0.39 is 0 Å². The van der Waals surface area contributed by atoms with Gasteiger partial charge in [-0.2, -0.15) is 0 Å². The first-order chi connectivity index (χ1) is 8.36. The summed E-state index contributed by atoms with van der Waals surface area (Å²) in [5, 5.41) is 6.75. The molecule has 0 bridgehead atoms. The van der Waals surface area contributed by atoms with Gasteiger partial charge in [0.15, 0.2) is 5.79 Å². The number of aromatic nitrogens is 1. The van der Waals surface area contributed by atoms with Gasteiger partial charge < -0.3 is 14.8 Å². The average Bonchev–Trinajstić information content (AvgIpc) is 3.01. The highest BCUT2D eigenvalue weighted by molar-refractivity contribution is 7.09. The largest absolute Gasteiger partial charge is 0.348 e. The molecule has 2 fully saturated rings. The molecule has 0 radical (unpaired) electrons. The predicted octanol–water partition coefficient (Wildman–Crippen LogP) is 1.92. The van der Waals surface area contributed by atoms with Crippen molar-refractivity contribution in [2.75, 3.05) is 13.2 Å². The van der Waals surface area contributed by atoms with Gasteiger partial charge in [-0.25, -0.2) is 4.98 Å². The van der Waals surface area contributed by atoms with Crippen LogP contribution < -0.4 is 5.32 Å². The SMILES string of the molecule is c1csc(CNC2CCC3(CC2)OCCO3)n1. The molecule has 1 saturated carbocycles. The summed E-state index contributed by atoms with van der Waals surface area (Å²) < 4.78 is 11.4. The summed E-state index contributed by atoms with van der Waals surface area (Å²) in [4.78, 5) is 4.28. The summed E-state index contributed by atoms with van der Waals surface area (Å²) in [6.07, 6.45) is 6.15. The Morgan fingerprint density at radius 1 is 1.35 bits per heavy atom. The van der Waals surface area contributed by atoms with Crippen LogP contribution in [0.2, 0.25) is 0 Å². The minimum atomic E-state index is -0.237. The highest BCUT2D eigenvalue weighted by Gasteiger charge is 2.40. The standard InChI is InChI=1S/C12H18N2O2S/c1-3-12(15-6-7-16-12)4-2-10(1)14-9-11-13-5-8-17-11/h5,8,10,14H,1-4,6-7,9H2. The van der Waals surface area contributed by atoms with Gasteiger partial charge in [-0.05, 0) is 12.8 Å². The number of nitrogens with one attached hydrogen (secondary N) is 1. The molecule has 1 aliphatic heterocycles. The van der Waals surface area contributed by atoms with E-state index in [0.29, 0.717) is 6.04 Å². The van der Waals surface area contributed by atoms with Crippen LogP contribution in [0.1, 0.15) is 30.7 Å². The van der Waals surface area contributed by atoms with Crippen molar-refractivity contribution in [1.29, 1.82) is 0 Å². The van der Waals surface area contributed by atoms with Crippen LogP contribution in [0.25, 0.3) is 0 Å². The average molecular weight is 254 g/mol. The Balaban J connectivity index is 1.45. The lowest BCUT2D eigenvalue weighted by molar-refractivity contribution is -0.179. The third-order valence-electron chi connectivity index (χ3n) is 3.59. The molecule has 2 heterocycles. The first kappa shape index (κ1) is 11.6. The Bertz CT molecular complexity index is 339. The molecule has 1 spiro atoms. The van der Waals surface area contributed by atoms with E-state index in [1.807, 2.05) is 11.6 Å². The van der Waals surface area contributed by atoms with Gasteiger partial charge >= 0.3 is 0 Å². The lowest BCUT2D eigenvalue weighted by Crippen LogP contribution is -2.41. The molecule has 1 aromatic rings. The molecular formula is C12H18N2O2S. The Labute approximate surface area is 105 Å². The van der Waals surface area contributed by atoms with Crippen LogP contribution in [0.5, 0.6) is 0 Å². The van der Waals surface area contributed by atoms with Crippen LogP contribution in [0.3, 0.4) is 0 Å². The molecule has 94 valence electrons. The van der Waals surface area contributed by atoms with Gasteiger partial charge in [0, 0.05) is 37.0 Å². The fourth-order valence-corrected chi connectivity index (χ4v) is 3.19. The van der Waals surface area contributed by atoms with Crippen LogP contribution in [-0.2, 0) is 16.0 Å². The van der Waals surface area contributed by atoms with Crippen molar-refractivity contribution in [3.63, 3.8) is 0 Å². The summed E-state index contributed by atoms with van der Waals surface area (Å²) >= 11 is 1.71. The van der Waals surface area contributed by atoms with Crippen molar-refractivity contribution in [2.24, 2.45) is 0 Å². The van der Waals surface area contributed by atoms with Gasteiger partial charge in [0.25, 0.3) is 0 Å². The molecule has 1 aromatic heterocycles. The molecule has 17 heavy (non-hydrogen) atoms. The molecule has 1 saturated heterocycles. The highest BCUT2D eigenvalue weighted by Crippen LogP contribution is 2.35. The van der Waals surface area contributed by atoms with E-state index in [0.717, 1.165) is 45.4 Å². The van der Waals surface area contributed by atoms with Crippen molar-refractivity contribution in [1.82, 2.24) is 10.3 Å². The molecule has 2 aliphatic rings. The summed E-state index contributed by atoms with van der Waals surface area (Å²) in [6.45, 7) is 2.41. The number of hydrogen-bond acceptors (Lipinski definition) is 5. The van der Waals surface area contributed by atoms with Crippen LogP contribution in [0, 0.1) is 0 Å². The number of nitrogens with zero attached hydrogens (tertiary/aromatic N) is 1. The van der Waals surface area contributed by atoms with Gasteiger partial charge in [-0.3, -0.25) is 0 Å². The molecular weight excluding hydrogens is 236 g/mol. The van der Waals surface area contributed by atoms with Crippen LogP contribution in [0.4, 0.5) is 0 Å². The number of hydrogen-bond donors (Lipinski definition) is 1. The minimum Gasteiger partial charge on any atom is -0.348 e. The zero-order valence-electron chi connectivity index (χ0n) is 9.85. The minimum absolute atomic E-state index is 0.237. The zero-order valence-corrected chi connectivity index (χ0v) is 10.7. The maximum atomic E-state index is 5.72. The van der Waals surface area contributed by atoms with Crippen molar-refractivity contribution >= 4 is 11.3 Å². The smallest absolute Gasteiger partial charge is 0.168 e. The van der Waals surface area contributed by atoms with Crippen molar-refractivity contribution in [2.45, 2.75) is 44.1 Å². The van der Waals surface area contributed by atoms with E-state index in [2.05, 4.69) is 10.3 Å². The molecule has 0 atom stereocenters. The first-order valence-electron chi connectivity index (χ1n) is 6.26. The van der Waals surface area contributed by atoms with Gasteiger partial charge in [0.05, 0.1) is 13.2 Å². The van der Waals surface area contributed by atoms with Crippen molar-refractivity contribution in [3.8, 4) is 0 Å². The van der Waals surface area contributed by atoms with E-state index in [1.54, 1.807) is 11.3 Å². The molecule has 0 aromatic carbocycles. The van der Waals surface area contributed by atoms with Gasteiger partial charge in [0.1, 0.15) is 5.01 Å². The van der Waals surface area contributed by atoms with E-state index in [4.69, 9.17) is 9.47 Å². The van der Waals surface area contributed by atoms with E-state index >= 15 is 0 Å². The van der Waals surface area contributed by atoms with Gasteiger partial charge in [-0.1, -0.05) is 0 Å². The second kappa shape index (κ2) is 5.02. The van der Waals surface area contributed by atoms with Crippen molar-refractivity contribution < 1.29 is 9.47 Å². The second-order valence-electron chi connectivity index (χ2n) is 4.69. The fourth-order valence-electron chi connectivity index (χ4n) is 2.62. The van der Waals surface area contributed by atoms with Crippen LogP contribution >= 0.6 is 11.3 Å². The van der Waals surface area contributed by atoms with E-state index in [9.17, 15) is 0 Å². The maximum Gasteiger partial charge on any atom is 0.168 e. The molecule has 0 amide bonds. The Kier molecular flexibility index (Phi) is 3.42. The Morgan fingerprint density at radius 2 is 2.12 bits per heavy atom. The summed E-state index contributed by atoms with van der Waals surface area (Å²) in [7, 11) is 0. The van der Waals surface area contributed by atoms with Crippen molar-refractivity contribution in [3.05, 3.63) is 16.6 Å². The normalized spacial score (nSPS) is 24.5. The molecule has 1 aliphatic carbocycles. The first-order valence-corrected chi connectivity index (χ1v) is 7.14. The number of rotatable bonds is 3. The molecule has 5 heteroatoms. The Hall–Kier alpha value is -0.490. The highest BCUT2D eigenvalue weighted by atomic mass is 32.1. The number of thiazole rings is 1. The topological polar surface area (TPSA) is 43.4 Å². The second-order valence-corrected chi connectivity index (χ2v) is 5.67.